The smallest absolute Gasteiger partial charge is 0.271 e. The number of nitrogens with one attached hydrogen (secondary N) is 2. The number of nitrogens with zero attached hydrogens (tertiary/aromatic N) is 1. The van der Waals surface area contributed by atoms with E-state index in [1.807, 2.05) is 25.1 Å². The van der Waals surface area contributed by atoms with Gasteiger partial charge in [-0.3, -0.25) is 14.9 Å². The van der Waals surface area contributed by atoms with Gasteiger partial charge in [0, 0.05) is 22.3 Å². The van der Waals surface area contributed by atoms with Crippen molar-refractivity contribution in [3.05, 3.63) is 62.1 Å². The summed E-state index contributed by atoms with van der Waals surface area (Å²) in [5.74, 6) is -0.277. The van der Waals surface area contributed by atoms with E-state index in [4.69, 9.17) is 0 Å². The number of carbonyl (C=O) groups is 1. The molecule has 0 unspecified atom stereocenters. The fraction of sp³-hybridized carbons (Fsp3) is 0.188. The minimum Gasteiger partial charge on any atom is -0.375 e. The molecule has 2 aromatic carbocycles. The lowest BCUT2D eigenvalue weighted by Crippen LogP contribution is -2.22. The van der Waals surface area contributed by atoms with Crippen LogP contribution in [0.2, 0.25) is 0 Å². The van der Waals surface area contributed by atoms with Gasteiger partial charge in [-0.25, -0.2) is 0 Å². The van der Waals surface area contributed by atoms with Crippen LogP contribution >= 0.6 is 15.9 Å². The average Bonchev–Trinajstić information content (AvgIpc) is 2.48. The summed E-state index contributed by atoms with van der Waals surface area (Å²) in [7, 11) is 0. The van der Waals surface area contributed by atoms with Crippen LogP contribution < -0.4 is 10.6 Å². The third-order valence-electron chi connectivity index (χ3n) is 3.27. The van der Waals surface area contributed by atoms with Crippen molar-refractivity contribution in [2.45, 2.75) is 13.8 Å². The molecule has 0 fully saturated rings. The topological polar surface area (TPSA) is 84.3 Å². The summed E-state index contributed by atoms with van der Waals surface area (Å²) in [5.41, 5.74) is 3.06. The molecule has 0 spiro atoms. The number of hydrogen-bond donors (Lipinski definition) is 2. The molecule has 0 saturated heterocycles. The summed E-state index contributed by atoms with van der Waals surface area (Å²) in [5, 5.41) is 16.5. The molecule has 0 aliphatic heterocycles. The van der Waals surface area contributed by atoms with Gasteiger partial charge in [-0.2, -0.15) is 0 Å². The average molecular weight is 378 g/mol. The van der Waals surface area contributed by atoms with E-state index in [9.17, 15) is 14.9 Å². The van der Waals surface area contributed by atoms with Crippen molar-refractivity contribution in [1.82, 2.24) is 0 Å². The van der Waals surface area contributed by atoms with Crippen molar-refractivity contribution in [3.8, 4) is 0 Å². The number of amides is 1. The Morgan fingerprint density at radius 1 is 1.17 bits per heavy atom. The first-order valence-corrected chi connectivity index (χ1v) is 7.71. The monoisotopic (exact) mass is 377 g/mol. The SMILES string of the molecule is Cc1ccc(NCC(=O)Nc2cc([N+](=O)[O-])ccc2C)c(Br)c1. The maximum atomic E-state index is 12.0. The molecule has 0 bridgehead atoms. The van der Waals surface area contributed by atoms with Gasteiger partial charge in [0.2, 0.25) is 5.91 Å². The van der Waals surface area contributed by atoms with E-state index in [0.29, 0.717) is 5.69 Å². The molecule has 2 N–H and O–H groups in total. The van der Waals surface area contributed by atoms with Crippen molar-refractivity contribution in [1.29, 1.82) is 0 Å². The van der Waals surface area contributed by atoms with Crippen LogP contribution in [0, 0.1) is 24.0 Å². The molecule has 7 heteroatoms. The molecule has 2 aromatic rings. The number of anilines is 2. The molecule has 0 radical (unpaired) electrons. The first kappa shape index (κ1) is 17.0. The predicted molar refractivity (Wildman–Crippen MR) is 93.8 cm³/mol. The van der Waals surface area contributed by atoms with Gasteiger partial charge in [-0.05, 0) is 53.0 Å². The molecule has 0 heterocycles. The highest BCUT2D eigenvalue weighted by molar-refractivity contribution is 9.10. The summed E-state index contributed by atoms with van der Waals surface area (Å²) < 4.78 is 0.872. The Morgan fingerprint density at radius 3 is 2.57 bits per heavy atom. The molecular weight excluding hydrogens is 362 g/mol. The molecule has 0 saturated carbocycles. The molecule has 0 atom stereocenters. The van der Waals surface area contributed by atoms with Crippen LogP contribution in [0.3, 0.4) is 0 Å². The zero-order chi connectivity index (χ0) is 17.0. The molecular formula is C16H16BrN3O3. The fourth-order valence-corrected chi connectivity index (χ4v) is 2.63. The minimum atomic E-state index is -0.489. The summed E-state index contributed by atoms with van der Waals surface area (Å²) >= 11 is 3.43. The predicted octanol–water partition coefficient (Wildman–Crippen LogP) is 4.02. The second-order valence-corrected chi connectivity index (χ2v) is 6.00. The van der Waals surface area contributed by atoms with Crippen molar-refractivity contribution < 1.29 is 9.72 Å². The standard InChI is InChI=1S/C16H16BrN3O3/c1-10-3-6-14(13(17)7-10)18-9-16(21)19-15-8-12(20(22)23)5-4-11(15)2/h3-8,18H,9H2,1-2H3,(H,19,21). The molecule has 120 valence electrons. The highest BCUT2D eigenvalue weighted by Crippen LogP contribution is 2.24. The zero-order valence-corrected chi connectivity index (χ0v) is 14.3. The van der Waals surface area contributed by atoms with Gasteiger partial charge in [-0.1, -0.05) is 12.1 Å². The third kappa shape index (κ3) is 4.53. The first-order chi connectivity index (χ1) is 10.9. The molecule has 0 aliphatic rings. The van der Waals surface area contributed by atoms with Crippen molar-refractivity contribution in [3.63, 3.8) is 0 Å². The Morgan fingerprint density at radius 2 is 1.91 bits per heavy atom. The summed E-state index contributed by atoms with van der Waals surface area (Å²) in [4.78, 5) is 22.4. The number of nitro benzene ring substituents is 1. The van der Waals surface area contributed by atoms with Crippen LogP contribution in [-0.2, 0) is 4.79 Å². The quantitative estimate of drug-likeness (QED) is 0.608. The Bertz CT molecular complexity index is 762. The maximum absolute atomic E-state index is 12.0. The Kier molecular flexibility index (Phi) is 5.33. The fourth-order valence-electron chi connectivity index (χ4n) is 1.99. The van der Waals surface area contributed by atoms with Crippen molar-refractivity contribution in [2.24, 2.45) is 0 Å². The highest BCUT2D eigenvalue weighted by Gasteiger charge is 2.11. The summed E-state index contributed by atoms with van der Waals surface area (Å²) in [6, 6.07) is 10.1. The normalized spacial score (nSPS) is 10.2. The van der Waals surface area contributed by atoms with Crippen LogP contribution in [0.15, 0.2) is 40.9 Å². The number of carbonyl (C=O) groups excluding carboxylic acids is 1. The second kappa shape index (κ2) is 7.23. The van der Waals surface area contributed by atoms with E-state index in [1.165, 1.54) is 12.1 Å². The first-order valence-electron chi connectivity index (χ1n) is 6.92. The largest absolute Gasteiger partial charge is 0.375 e. The number of non-ortho nitro benzene ring substituents is 1. The van der Waals surface area contributed by atoms with E-state index >= 15 is 0 Å². The molecule has 23 heavy (non-hydrogen) atoms. The minimum absolute atomic E-state index is 0.0554. The number of rotatable bonds is 5. The van der Waals surface area contributed by atoms with Gasteiger partial charge in [0.15, 0.2) is 0 Å². The van der Waals surface area contributed by atoms with Crippen molar-refractivity contribution >= 4 is 38.9 Å². The van der Waals surface area contributed by atoms with Gasteiger partial charge >= 0.3 is 0 Å². The number of benzene rings is 2. The van der Waals surface area contributed by atoms with E-state index in [0.717, 1.165) is 21.3 Å². The Labute approximate surface area is 142 Å². The van der Waals surface area contributed by atoms with Gasteiger partial charge in [-0.15, -0.1) is 0 Å². The summed E-state index contributed by atoms with van der Waals surface area (Å²) in [6.45, 7) is 3.82. The van der Waals surface area contributed by atoms with E-state index in [-0.39, 0.29) is 18.1 Å². The zero-order valence-electron chi connectivity index (χ0n) is 12.7. The number of halogens is 1. The van der Waals surface area contributed by atoms with Crippen molar-refractivity contribution in [2.75, 3.05) is 17.2 Å². The second-order valence-electron chi connectivity index (χ2n) is 5.14. The van der Waals surface area contributed by atoms with Gasteiger partial charge in [0.1, 0.15) is 0 Å². The van der Waals surface area contributed by atoms with Crippen LogP contribution in [0.1, 0.15) is 11.1 Å². The third-order valence-corrected chi connectivity index (χ3v) is 3.93. The molecule has 2 rings (SSSR count). The lowest BCUT2D eigenvalue weighted by molar-refractivity contribution is -0.384. The Hall–Kier alpha value is -2.41. The van der Waals surface area contributed by atoms with E-state index in [2.05, 4.69) is 26.6 Å². The Balaban J connectivity index is 2.02. The van der Waals surface area contributed by atoms with Gasteiger partial charge in [0.25, 0.3) is 5.69 Å². The molecule has 0 aliphatic carbocycles. The number of hydrogen-bond acceptors (Lipinski definition) is 4. The van der Waals surface area contributed by atoms with Crippen LogP contribution in [-0.4, -0.2) is 17.4 Å². The van der Waals surface area contributed by atoms with Gasteiger partial charge in [0.05, 0.1) is 17.2 Å². The lowest BCUT2D eigenvalue weighted by Gasteiger charge is -2.11. The van der Waals surface area contributed by atoms with Crippen LogP contribution in [0.4, 0.5) is 17.1 Å². The molecule has 0 aromatic heterocycles. The number of nitro groups is 1. The van der Waals surface area contributed by atoms with Crippen LogP contribution in [0.25, 0.3) is 0 Å². The summed E-state index contributed by atoms with van der Waals surface area (Å²) in [6.07, 6.45) is 0. The molecule has 6 nitrogen and oxygen atoms in total. The van der Waals surface area contributed by atoms with Crippen LogP contribution in [0.5, 0.6) is 0 Å². The van der Waals surface area contributed by atoms with E-state index < -0.39 is 4.92 Å². The lowest BCUT2D eigenvalue weighted by atomic mass is 10.2. The van der Waals surface area contributed by atoms with Gasteiger partial charge < -0.3 is 10.6 Å². The molecule has 1 amide bonds. The van der Waals surface area contributed by atoms with E-state index in [1.54, 1.807) is 13.0 Å². The highest BCUT2D eigenvalue weighted by atomic mass is 79.9. The maximum Gasteiger partial charge on any atom is 0.271 e. The number of aryl methyl sites for hydroxylation is 2.